The van der Waals surface area contributed by atoms with Gasteiger partial charge in [0.2, 0.25) is 0 Å². The number of methoxy groups -OCH3 is 1. The van der Waals surface area contributed by atoms with E-state index in [-0.39, 0.29) is 12.1 Å². The van der Waals surface area contributed by atoms with E-state index in [1.165, 1.54) is 0 Å². The average molecular weight is 242 g/mol. The van der Waals surface area contributed by atoms with E-state index in [1.54, 1.807) is 7.11 Å². The number of nitrogens with zero attached hydrogens (tertiary/aromatic N) is 2. The van der Waals surface area contributed by atoms with E-state index in [0.717, 1.165) is 31.8 Å². The summed E-state index contributed by atoms with van der Waals surface area (Å²) in [5.41, 5.74) is 0. The molecule has 0 aliphatic carbocycles. The van der Waals surface area contributed by atoms with E-state index in [0.29, 0.717) is 13.2 Å². The van der Waals surface area contributed by atoms with Crippen molar-refractivity contribution in [2.75, 3.05) is 33.4 Å². The van der Waals surface area contributed by atoms with Crippen molar-refractivity contribution >= 4 is 6.03 Å². The number of piperidine rings is 1. The summed E-state index contributed by atoms with van der Waals surface area (Å²) in [5.74, 6) is 0.755. The SMILES string of the molecule is COCCN(C(=O)N1CCC(C)CC1)C(C)C. The molecule has 2 amide bonds. The molecule has 1 aliphatic heterocycles. The van der Waals surface area contributed by atoms with Crippen LogP contribution in [0.3, 0.4) is 0 Å². The van der Waals surface area contributed by atoms with Crippen LogP contribution in [0.1, 0.15) is 33.6 Å². The second-order valence-electron chi connectivity index (χ2n) is 5.23. The van der Waals surface area contributed by atoms with Gasteiger partial charge in [0.05, 0.1) is 6.61 Å². The van der Waals surface area contributed by atoms with Gasteiger partial charge >= 0.3 is 6.03 Å². The second kappa shape index (κ2) is 6.84. The van der Waals surface area contributed by atoms with E-state index >= 15 is 0 Å². The summed E-state index contributed by atoms with van der Waals surface area (Å²) in [7, 11) is 1.67. The Kier molecular flexibility index (Phi) is 5.75. The van der Waals surface area contributed by atoms with Gasteiger partial charge in [-0.1, -0.05) is 6.92 Å². The normalized spacial score (nSPS) is 17.6. The van der Waals surface area contributed by atoms with Gasteiger partial charge in [-0.3, -0.25) is 0 Å². The molecule has 4 heteroatoms. The highest BCUT2D eigenvalue weighted by atomic mass is 16.5. The zero-order valence-electron chi connectivity index (χ0n) is 11.6. The van der Waals surface area contributed by atoms with E-state index in [1.807, 2.05) is 9.80 Å². The van der Waals surface area contributed by atoms with Crippen molar-refractivity contribution in [3.63, 3.8) is 0 Å². The minimum atomic E-state index is 0.170. The van der Waals surface area contributed by atoms with Crippen molar-refractivity contribution in [2.24, 2.45) is 5.92 Å². The summed E-state index contributed by atoms with van der Waals surface area (Å²) in [6, 6.07) is 0.404. The van der Waals surface area contributed by atoms with Gasteiger partial charge in [0.25, 0.3) is 0 Å². The lowest BCUT2D eigenvalue weighted by atomic mass is 9.99. The number of carbonyl (C=O) groups excluding carboxylic acids is 1. The fourth-order valence-corrected chi connectivity index (χ4v) is 2.15. The van der Waals surface area contributed by atoms with Gasteiger partial charge in [-0.05, 0) is 32.6 Å². The lowest BCUT2D eigenvalue weighted by Gasteiger charge is -2.36. The highest BCUT2D eigenvalue weighted by Gasteiger charge is 2.25. The molecule has 0 atom stereocenters. The summed E-state index contributed by atoms with van der Waals surface area (Å²) >= 11 is 0. The van der Waals surface area contributed by atoms with Crippen molar-refractivity contribution < 1.29 is 9.53 Å². The molecule has 1 aliphatic rings. The van der Waals surface area contributed by atoms with Crippen LogP contribution in [-0.2, 0) is 4.74 Å². The lowest BCUT2D eigenvalue weighted by molar-refractivity contribution is 0.102. The van der Waals surface area contributed by atoms with Crippen LogP contribution in [-0.4, -0.2) is 55.2 Å². The molecule has 1 heterocycles. The van der Waals surface area contributed by atoms with E-state index in [9.17, 15) is 4.79 Å². The molecule has 0 bridgehead atoms. The number of amides is 2. The maximum Gasteiger partial charge on any atom is 0.320 e. The Morgan fingerprint density at radius 1 is 1.41 bits per heavy atom. The summed E-state index contributed by atoms with van der Waals surface area (Å²) in [4.78, 5) is 16.2. The van der Waals surface area contributed by atoms with E-state index < -0.39 is 0 Å². The third-order valence-corrected chi connectivity index (χ3v) is 3.46. The minimum absolute atomic E-state index is 0.170. The smallest absolute Gasteiger partial charge is 0.320 e. The van der Waals surface area contributed by atoms with Crippen molar-refractivity contribution in [2.45, 2.75) is 39.7 Å². The number of rotatable bonds is 4. The Bertz CT molecular complexity index is 236. The molecule has 100 valence electrons. The fraction of sp³-hybridized carbons (Fsp3) is 0.923. The molecule has 1 rings (SSSR count). The Hall–Kier alpha value is -0.770. The number of likely N-dealkylation sites (tertiary alicyclic amines) is 1. The fourth-order valence-electron chi connectivity index (χ4n) is 2.15. The molecule has 1 fully saturated rings. The van der Waals surface area contributed by atoms with Crippen LogP contribution in [0.4, 0.5) is 4.79 Å². The first-order chi connectivity index (χ1) is 8.06. The Balaban J connectivity index is 2.52. The third kappa shape index (κ3) is 4.19. The van der Waals surface area contributed by atoms with Crippen LogP contribution in [0.5, 0.6) is 0 Å². The number of carbonyl (C=O) groups is 1. The quantitative estimate of drug-likeness (QED) is 0.757. The molecule has 0 spiro atoms. The van der Waals surface area contributed by atoms with E-state index in [4.69, 9.17) is 4.74 Å². The average Bonchev–Trinajstić information content (AvgIpc) is 2.29. The zero-order chi connectivity index (χ0) is 12.8. The maximum atomic E-state index is 12.3. The molecule has 0 saturated carbocycles. The van der Waals surface area contributed by atoms with Gasteiger partial charge in [-0.15, -0.1) is 0 Å². The van der Waals surface area contributed by atoms with Gasteiger partial charge in [-0.2, -0.15) is 0 Å². The van der Waals surface area contributed by atoms with Crippen molar-refractivity contribution in [1.29, 1.82) is 0 Å². The van der Waals surface area contributed by atoms with Gasteiger partial charge in [-0.25, -0.2) is 4.79 Å². The van der Waals surface area contributed by atoms with Crippen molar-refractivity contribution in [1.82, 2.24) is 9.80 Å². The van der Waals surface area contributed by atoms with Crippen LogP contribution in [0.15, 0.2) is 0 Å². The third-order valence-electron chi connectivity index (χ3n) is 3.46. The van der Waals surface area contributed by atoms with Crippen molar-refractivity contribution in [3.05, 3.63) is 0 Å². The number of hydrogen-bond donors (Lipinski definition) is 0. The van der Waals surface area contributed by atoms with Crippen LogP contribution in [0.25, 0.3) is 0 Å². The van der Waals surface area contributed by atoms with Crippen LogP contribution in [0.2, 0.25) is 0 Å². The predicted octanol–water partition coefficient (Wildman–Crippen LogP) is 2.20. The number of urea groups is 1. The predicted molar refractivity (Wildman–Crippen MR) is 69.1 cm³/mol. The first-order valence-corrected chi connectivity index (χ1v) is 6.60. The molecule has 0 aromatic heterocycles. The minimum Gasteiger partial charge on any atom is -0.383 e. The van der Waals surface area contributed by atoms with Gasteiger partial charge in [0.15, 0.2) is 0 Å². The molecular formula is C13H26N2O2. The monoisotopic (exact) mass is 242 g/mol. The molecule has 0 aromatic rings. The van der Waals surface area contributed by atoms with Gasteiger partial charge in [0, 0.05) is 32.8 Å². The highest BCUT2D eigenvalue weighted by Crippen LogP contribution is 2.17. The number of hydrogen-bond acceptors (Lipinski definition) is 2. The summed E-state index contributed by atoms with van der Waals surface area (Å²) in [5, 5.41) is 0. The molecule has 0 unspecified atom stereocenters. The lowest BCUT2D eigenvalue weighted by Crippen LogP contribution is -2.50. The number of ether oxygens (including phenoxy) is 1. The first-order valence-electron chi connectivity index (χ1n) is 6.60. The molecule has 0 aromatic carbocycles. The molecule has 4 nitrogen and oxygen atoms in total. The largest absolute Gasteiger partial charge is 0.383 e. The van der Waals surface area contributed by atoms with Crippen LogP contribution in [0, 0.1) is 5.92 Å². The zero-order valence-corrected chi connectivity index (χ0v) is 11.6. The van der Waals surface area contributed by atoms with Gasteiger partial charge in [0.1, 0.15) is 0 Å². The Morgan fingerprint density at radius 2 is 2.00 bits per heavy atom. The molecule has 17 heavy (non-hydrogen) atoms. The summed E-state index contributed by atoms with van der Waals surface area (Å²) < 4.78 is 5.06. The maximum absolute atomic E-state index is 12.3. The summed E-state index contributed by atoms with van der Waals surface area (Å²) in [6.07, 6.45) is 2.25. The van der Waals surface area contributed by atoms with Crippen molar-refractivity contribution in [3.8, 4) is 0 Å². The molecule has 1 saturated heterocycles. The molecule has 0 radical (unpaired) electrons. The van der Waals surface area contributed by atoms with Gasteiger partial charge < -0.3 is 14.5 Å². The second-order valence-corrected chi connectivity index (χ2v) is 5.23. The first kappa shape index (κ1) is 14.3. The Morgan fingerprint density at radius 3 is 2.47 bits per heavy atom. The Labute approximate surface area is 105 Å². The standard InChI is InChI=1S/C13H26N2O2/c1-11(2)15(9-10-17-4)13(16)14-7-5-12(3)6-8-14/h11-12H,5-10H2,1-4H3. The summed E-state index contributed by atoms with van der Waals surface area (Å²) in [6.45, 7) is 9.45. The van der Waals surface area contributed by atoms with E-state index in [2.05, 4.69) is 20.8 Å². The molecular weight excluding hydrogens is 216 g/mol. The van der Waals surface area contributed by atoms with Crippen LogP contribution < -0.4 is 0 Å². The van der Waals surface area contributed by atoms with Crippen LogP contribution >= 0.6 is 0 Å². The topological polar surface area (TPSA) is 32.8 Å². The highest BCUT2D eigenvalue weighted by molar-refractivity contribution is 5.74. The molecule has 0 N–H and O–H groups in total.